The Hall–Kier alpha value is -1.69. The number of aromatic nitrogens is 1. The molecule has 0 bridgehead atoms. The van der Waals surface area contributed by atoms with Gasteiger partial charge in [0.25, 0.3) is 0 Å². The number of halogens is 7. The molecule has 3 nitrogen and oxygen atoms in total. The van der Waals surface area contributed by atoms with Crippen molar-refractivity contribution in [3.8, 4) is 11.9 Å². The van der Waals surface area contributed by atoms with Crippen molar-refractivity contribution in [3.63, 3.8) is 0 Å². The molecule has 110 valence electrons. The average molecular weight is 319 g/mol. The molecule has 0 atom stereocenters. The van der Waals surface area contributed by atoms with E-state index >= 15 is 0 Å². The molecule has 0 aliphatic carbocycles. The van der Waals surface area contributed by atoms with E-state index in [1.807, 2.05) is 0 Å². The molecule has 0 spiro atoms. The molecule has 0 fully saturated rings. The molecule has 1 rings (SSSR count). The van der Waals surface area contributed by atoms with Crippen molar-refractivity contribution in [3.05, 3.63) is 22.9 Å². The van der Waals surface area contributed by atoms with Crippen LogP contribution in [0.2, 0.25) is 0 Å². The van der Waals surface area contributed by atoms with E-state index < -0.39 is 47.5 Å². The summed E-state index contributed by atoms with van der Waals surface area (Å²) in [5.74, 6) is -1.75. The molecular formula is C10H5ClF6N2O. The zero-order valence-corrected chi connectivity index (χ0v) is 10.2. The minimum Gasteiger partial charge on any atom is -0.388 e. The van der Waals surface area contributed by atoms with E-state index in [2.05, 4.69) is 9.72 Å². The molecule has 0 saturated heterocycles. The first-order valence-corrected chi connectivity index (χ1v) is 5.40. The lowest BCUT2D eigenvalue weighted by atomic mass is 10.1. The Balaban J connectivity index is 3.41. The lowest BCUT2D eigenvalue weighted by molar-refractivity contribution is -0.276. The van der Waals surface area contributed by atoms with E-state index in [0.717, 1.165) is 0 Å². The van der Waals surface area contributed by atoms with E-state index in [0.29, 0.717) is 6.07 Å². The van der Waals surface area contributed by atoms with Gasteiger partial charge in [-0.15, -0.1) is 24.8 Å². The first kappa shape index (κ1) is 16.4. The van der Waals surface area contributed by atoms with Crippen LogP contribution in [0.1, 0.15) is 16.8 Å². The fourth-order valence-corrected chi connectivity index (χ4v) is 1.51. The van der Waals surface area contributed by atoms with Gasteiger partial charge < -0.3 is 4.74 Å². The first-order valence-electron chi connectivity index (χ1n) is 4.87. The number of nitrogens with zero attached hydrogens (tertiary/aromatic N) is 2. The molecule has 0 aliphatic heterocycles. The third-order valence-corrected chi connectivity index (χ3v) is 2.34. The summed E-state index contributed by atoms with van der Waals surface area (Å²) in [5.41, 5.74) is -2.74. The largest absolute Gasteiger partial charge is 0.574 e. The van der Waals surface area contributed by atoms with Crippen molar-refractivity contribution in [1.82, 2.24) is 4.98 Å². The zero-order chi connectivity index (χ0) is 15.6. The van der Waals surface area contributed by atoms with E-state index in [1.54, 1.807) is 0 Å². The van der Waals surface area contributed by atoms with Gasteiger partial charge in [-0.05, 0) is 6.07 Å². The Morgan fingerprint density at radius 3 is 2.25 bits per heavy atom. The molecule has 20 heavy (non-hydrogen) atoms. The topological polar surface area (TPSA) is 45.9 Å². The quantitative estimate of drug-likeness (QED) is 0.629. The van der Waals surface area contributed by atoms with Gasteiger partial charge in [-0.3, -0.25) is 0 Å². The van der Waals surface area contributed by atoms with E-state index in [1.165, 1.54) is 6.07 Å². The number of alkyl halides is 7. The fraction of sp³-hybridized carbons (Fsp3) is 0.400. The highest BCUT2D eigenvalue weighted by molar-refractivity contribution is 6.17. The normalized spacial score (nSPS) is 12.1. The minimum absolute atomic E-state index is 0.397. The highest BCUT2D eigenvalue weighted by atomic mass is 35.5. The molecule has 0 aliphatic rings. The third-order valence-electron chi connectivity index (χ3n) is 2.05. The monoisotopic (exact) mass is 318 g/mol. The molecule has 0 saturated carbocycles. The van der Waals surface area contributed by atoms with Crippen LogP contribution in [0.25, 0.3) is 0 Å². The van der Waals surface area contributed by atoms with Gasteiger partial charge in [0.05, 0.1) is 29.6 Å². The molecule has 1 aromatic heterocycles. The lowest BCUT2D eigenvalue weighted by Crippen LogP contribution is -2.21. The number of pyridine rings is 1. The van der Waals surface area contributed by atoms with Crippen LogP contribution in [0.15, 0.2) is 6.07 Å². The number of hydrogen-bond acceptors (Lipinski definition) is 3. The molecule has 1 aromatic rings. The summed E-state index contributed by atoms with van der Waals surface area (Å²) in [6.07, 6.45) is -10.8. The Morgan fingerprint density at radius 2 is 1.85 bits per heavy atom. The van der Waals surface area contributed by atoms with Crippen molar-refractivity contribution in [1.29, 1.82) is 5.26 Å². The molecule has 10 heteroatoms. The van der Waals surface area contributed by atoms with Crippen LogP contribution in [-0.4, -0.2) is 11.3 Å². The van der Waals surface area contributed by atoms with Crippen molar-refractivity contribution in [2.75, 3.05) is 0 Å². The summed E-state index contributed by atoms with van der Waals surface area (Å²) in [6.45, 7) is 0. The van der Waals surface area contributed by atoms with Crippen molar-refractivity contribution in [2.45, 2.75) is 24.8 Å². The fourth-order valence-electron chi connectivity index (χ4n) is 1.32. The van der Waals surface area contributed by atoms with E-state index in [-0.39, 0.29) is 0 Å². The smallest absolute Gasteiger partial charge is 0.388 e. The van der Waals surface area contributed by atoms with Crippen LogP contribution in [0.4, 0.5) is 26.3 Å². The zero-order valence-electron chi connectivity index (χ0n) is 9.44. The standard InChI is InChI=1S/C10H5ClF6N2O/c11-4-5-3-6(9(12,13)14)7(1-2-18)19-8(5)20-10(15,16)17/h3H,1,4H2. The van der Waals surface area contributed by atoms with Crippen molar-refractivity contribution >= 4 is 11.6 Å². The summed E-state index contributed by atoms with van der Waals surface area (Å²) >= 11 is 5.29. The van der Waals surface area contributed by atoms with Crippen LogP contribution in [0.5, 0.6) is 5.88 Å². The van der Waals surface area contributed by atoms with Crippen molar-refractivity contribution in [2.24, 2.45) is 0 Å². The maximum atomic E-state index is 12.7. The van der Waals surface area contributed by atoms with E-state index in [9.17, 15) is 26.3 Å². The first-order chi connectivity index (χ1) is 9.08. The van der Waals surface area contributed by atoms with Gasteiger partial charge in [0.1, 0.15) is 0 Å². The van der Waals surface area contributed by atoms with Crippen LogP contribution in [-0.2, 0) is 18.5 Å². The molecule has 1 heterocycles. The number of ether oxygens (including phenoxy) is 1. The van der Waals surface area contributed by atoms with Gasteiger partial charge in [-0.25, -0.2) is 4.98 Å². The maximum Gasteiger partial charge on any atom is 0.574 e. The summed E-state index contributed by atoms with van der Waals surface area (Å²) in [5, 5.41) is 8.41. The van der Waals surface area contributed by atoms with Crippen molar-refractivity contribution < 1.29 is 31.1 Å². The summed E-state index contributed by atoms with van der Waals surface area (Å²) in [6, 6.07) is 1.79. The third kappa shape index (κ3) is 4.16. The van der Waals surface area contributed by atoms with Crippen LogP contribution in [0, 0.1) is 11.3 Å². The Labute approximate surface area is 113 Å². The summed E-state index contributed by atoms with van der Waals surface area (Å²) in [4.78, 5) is 3.12. The van der Waals surface area contributed by atoms with Gasteiger partial charge in [0.15, 0.2) is 0 Å². The Kier molecular flexibility index (Phi) is 4.70. The summed E-state index contributed by atoms with van der Waals surface area (Å²) in [7, 11) is 0. The number of hydrogen-bond donors (Lipinski definition) is 0. The minimum atomic E-state index is -5.13. The molecule has 0 radical (unpaired) electrons. The van der Waals surface area contributed by atoms with Gasteiger partial charge in [-0.2, -0.15) is 18.4 Å². The SMILES string of the molecule is N#CCc1nc(OC(F)(F)F)c(CCl)cc1C(F)(F)F. The van der Waals surface area contributed by atoms with Crippen LogP contribution >= 0.6 is 11.6 Å². The Morgan fingerprint density at radius 1 is 1.25 bits per heavy atom. The highest BCUT2D eigenvalue weighted by Crippen LogP contribution is 2.36. The summed E-state index contributed by atoms with van der Waals surface area (Å²) < 4.78 is 78.0. The molecular weight excluding hydrogens is 314 g/mol. The van der Waals surface area contributed by atoms with Gasteiger partial charge in [0.2, 0.25) is 5.88 Å². The van der Waals surface area contributed by atoms with Gasteiger partial charge in [-0.1, -0.05) is 0 Å². The maximum absolute atomic E-state index is 12.7. The molecule has 0 aromatic carbocycles. The van der Waals surface area contributed by atoms with Gasteiger partial charge in [0, 0.05) is 5.56 Å². The average Bonchev–Trinajstić information content (AvgIpc) is 2.26. The molecule has 0 unspecified atom stereocenters. The second-order valence-electron chi connectivity index (χ2n) is 3.46. The van der Waals surface area contributed by atoms with Gasteiger partial charge >= 0.3 is 12.5 Å². The second kappa shape index (κ2) is 5.75. The predicted octanol–water partition coefficient (Wildman–Crippen LogP) is 3.80. The van der Waals surface area contributed by atoms with Crippen LogP contribution < -0.4 is 4.74 Å². The lowest BCUT2D eigenvalue weighted by Gasteiger charge is -2.16. The predicted molar refractivity (Wildman–Crippen MR) is 54.8 cm³/mol. The molecule has 0 N–H and O–H groups in total. The van der Waals surface area contributed by atoms with Crippen LogP contribution in [0.3, 0.4) is 0 Å². The second-order valence-corrected chi connectivity index (χ2v) is 3.73. The van der Waals surface area contributed by atoms with E-state index in [4.69, 9.17) is 16.9 Å². The number of nitriles is 1. The molecule has 0 amide bonds. The highest BCUT2D eigenvalue weighted by Gasteiger charge is 2.37. The number of rotatable bonds is 3. The Bertz CT molecular complexity index is 534.